The van der Waals surface area contributed by atoms with Crippen molar-refractivity contribution in [3.05, 3.63) is 35.9 Å². The highest BCUT2D eigenvalue weighted by Gasteiger charge is 2.40. The van der Waals surface area contributed by atoms with E-state index in [2.05, 4.69) is 71.2 Å². The number of carboxylic acid groups (broad SMARTS) is 1. The Morgan fingerprint density at radius 3 is 2.08 bits per heavy atom. The molecule has 4 N–H and O–H groups in total. The van der Waals surface area contributed by atoms with E-state index in [4.69, 9.17) is 14.6 Å². The first-order chi connectivity index (χ1) is 24.7. The van der Waals surface area contributed by atoms with Gasteiger partial charge in [0, 0.05) is 27.8 Å². The molecule has 0 spiro atoms. The van der Waals surface area contributed by atoms with Crippen molar-refractivity contribution in [3.63, 3.8) is 0 Å². The Morgan fingerprint density at radius 1 is 1.02 bits per heavy atom. The average molecular weight is 736 g/mol. The summed E-state index contributed by atoms with van der Waals surface area (Å²) >= 11 is 0. The second kappa shape index (κ2) is 28.0. The monoisotopic (exact) mass is 736 g/mol. The maximum atomic E-state index is 13.5. The number of aryl methyl sites for hydroxylation is 1. The molecular formula is C39H69N5O8. The van der Waals surface area contributed by atoms with Crippen LogP contribution in [-0.4, -0.2) is 123 Å². The standard InChI is InChI=1S/C26H48N4O5.C7H8.C3H5NO3.C3H8/c1-8-18(4)24(29(5)23(32)16-28-26(33)19-11-9-13-27-19)21(34-6)15-22(31)30-14-10-12-20(30)25(35-7)17(2)3;1-7-5-3-2-4-6-7;5-2-4-1-3(6)7;1-3-2/h17-21,24-25,27H,8-16H2,1-7H3,(H,28,33);2-6H,1H3;2H,1H2,(H,4,5)(H,6,7);3H2,1-2H3. The van der Waals surface area contributed by atoms with Crippen LogP contribution in [-0.2, 0) is 33.4 Å². The number of carbonyl (C=O) groups excluding carboxylic acids is 4. The van der Waals surface area contributed by atoms with Gasteiger partial charge < -0.3 is 40.3 Å². The predicted octanol–water partition coefficient (Wildman–Crippen LogP) is 4.02. The predicted molar refractivity (Wildman–Crippen MR) is 205 cm³/mol. The number of carbonyl (C=O) groups is 5. The summed E-state index contributed by atoms with van der Waals surface area (Å²) in [4.78, 5) is 61.3. The van der Waals surface area contributed by atoms with Crippen molar-refractivity contribution >= 4 is 30.1 Å². The Labute approximate surface area is 312 Å². The first kappa shape index (κ1) is 48.5. The molecule has 1 aromatic carbocycles. The van der Waals surface area contributed by atoms with E-state index in [9.17, 15) is 24.0 Å². The van der Waals surface area contributed by atoms with Crippen LogP contribution in [0, 0.1) is 18.8 Å². The van der Waals surface area contributed by atoms with Crippen LogP contribution in [0.4, 0.5) is 0 Å². The van der Waals surface area contributed by atoms with Gasteiger partial charge in [0.15, 0.2) is 0 Å². The summed E-state index contributed by atoms with van der Waals surface area (Å²) in [7, 11) is 5.06. The van der Waals surface area contributed by atoms with Gasteiger partial charge in [-0.1, -0.05) is 90.3 Å². The van der Waals surface area contributed by atoms with Crippen LogP contribution >= 0.6 is 0 Å². The van der Waals surface area contributed by atoms with Crippen molar-refractivity contribution in [2.75, 3.05) is 47.4 Å². The fourth-order valence-corrected chi connectivity index (χ4v) is 6.34. The van der Waals surface area contributed by atoms with Crippen LogP contribution in [0.3, 0.4) is 0 Å². The first-order valence-electron chi connectivity index (χ1n) is 18.8. The number of nitrogens with zero attached hydrogens (tertiary/aromatic N) is 2. The quantitative estimate of drug-likeness (QED) is 0.184. The summed E-state index contributed by atoms with van der Waals surface area (Å²) in [5, 5.41) is 15.7. The number of rotatable bonds is 16. The molecule has 0 radical (unpaired) electrons. The molecule has 13 nitrogen and oxygen atoms in total. The summed E-state index contributed by atoms with van der Waals surface area (Å²) in [6.07, 6.45) is 5.82. The number of carboxylic acids is 1. The Balaban J connectivity index is 0.00000125. The van der Waals surface area contributed by atoms with Crippen LogP contribution < -0.4 is 16.0 Å². The first-order valence-corrected chi connectivity index (χ1v) is 18.8. The van der Waals surface area contributed by atoms with Crippen LogP contribution in [0.5, 0.6) is 0 Å². The second-order valence-corrected chi connectivity index (χ2v) is 13.7. The number of amides is 4. The summed E-state index contributed by atoms with van der Waals surface area (Å²) < 4.78 is 11.6. The Hall–Kier alpha value is -3.55. The number of hydrogen-bond acceptors (Lipinski definition) is 8. The molecule has 2 aliphatic rings. The Bertz CT molecular complexity index is 1150. The van der Waals surface area contributed by atoms with E-state index >= 15 is 0 Å². The topological polar surface area (TPSA) is 167 Å². The van der Waals surface area contributed by atoms with Gasteiger partial charge in [0.25, 0.3) is 0 Å². The van der Waals surface area contributed by atoms with E-state index in [1.165, 1.54) is 12.0 Å². The molecule has 2 fully saturated rings. The van der Waals surface area contributed by atoms with E-state index in [-0.39, 0.29) is 67.4 Å². The minimum atomic E-state index is -1.04. The lowest BCUT2D eigenvalue weighted by Crippen LogP contribution is -2.54. The van der Waals surface area contributed by atoms with Gasteiger partial charge >= 0.3 is 5.97 Å². The molecule has 6 atom stereocenters. The van der Waals surface area contributed by atoms with E-state index in [1.54, 1.807) is 26.2 Å². The van der Waals surface area contributed by atoms with E-state index in [0.717, 1.165) is 45.2 Å². The molecule has 13 heteroatoms. The zero-order valence-corrected chi connectivity index (χ0v) is 33.5. The molecule has 298 valence electrons. The summed E-state index contributed by atoms with van der Waals surface area (Å²) in [5.41, 5.74) is 1.32. The highest BCUT2D eigenvalue weighted by Crippen LogP contribution is 2.28. The van der Waals surface area contributed by atoms with Gasteiger partial charge in [0.1, 0.15) is 6.54 Å². The minimum Gasteiger partial charge on any atom is -0.480 e. The van der Waals surface area contributed by atoms with E-state index < -0.39 is 12.1 Å². The number of methoxy groups -OCH3 is 2. The molecule has 2 heterocycles. The molecular weight excluding hydrogens is 666 g/mol. The van der Waals surface area contributed by atoms with Crippen LogP contribution in [0.25, 0.3) is 0 Å². The molecule has 0 bridgehead atoms. The molecule has 2 saturated heterocycles. The Kier molecular flexibility index (Phi) is 26.1. The van der Waals surface area contributed by atoms with E-state index in [0.29, 0.717) is 12.3 Å². The van der Waals surface area contributed by atoms with Gasteiger partial charge in [0.2, 0.25) is 24.1 Å². The lowest BCUT2D eigenvalue weighted by molar-refractivity contribution is -0.144. The van der Waals surface area contributed by atoms with Gasteiger partial charge in [-0.15, -0.1) is 0 Å². The van der Waals surface area contributed by atoms with Crippen molar-refractivity contribution < 1.29 is 38.6 Å². The SMILES string of the molecule is CCC.CCC(C)C(C(CC(=O)N1CCCC1C(OC)C(C)C)OC)N(C)C(=O)CNC(=O)C1CCCN1.Cc1ccccc1.O=CNCC(=O)O. The summed E-state index contributed by atoms with van der Waals surface area (Å²) in [5.74, 6) is -0.896. The fourth-order valence-electron chi connectivity index (χ4n) is 6.34. The molecule has 4 amide bonds. The third-order valence-electron chi connectivity index (χ3n) is 9.12. The normalized spacial score (nSPS) is 18.5. The number of nitrogens with one attached hydrogen (secondary N) is 3. The van der Waals surface area contributed by atoms with Crippen molar-refractivity contribution in [2.45, 2.75) is 124 Å². The number of aliphatic carboxylic acids is 1. The van der Waals surface area contributed by atoms with Crippen molar-refractivity contribution in [1.29, 1.82) is 0 Å². The van der Waals surface area contributed by atoms with Gasteiger partial charge in [0.05, 0.1) is 43.3 Å². The molecule has 52 heavy (non-hydrogen) atoms. The fraction of sp³-hybridized carbons (Fsp3) is 0.718. The number of hydrogen-bond donors (Lipinski definition) is 4. The molecule has 6 unspecified atom stereocenters. The maximum absolute atomic E-state index is 13.5. The highest BCUT2D eigenvalue weighted by atomic mass is 16.5. The van der Waals surface area contributed by atoms with Gasteiger partial charge in [-0.25, -0.2) is 0 Å². The Morgan fingerprint density at radius 2 is 1.65 bits per heavy atom. The molecule has 1 aromatic rings. The number of likely N-dealkylation sites (tertiary alicyclic amines) is 1. The van der Waals surface area contributed by atoms with Crippen molar-refractivity contribution in [3.8, 4) is 0 Å². The molecule has 0 aliphatic carbocycles. The molecule has 3 rings (SSSR count). The number of likely N-dealkylation sites (N-methyl/N-ethyl adjacent to an activating group) is 1. The van der Waals surface area contributed by atoms with Crippen molar-refractivity contribution in [2.24, 2.45) is 11.8 Å². The third-order valence-corrected chi connectivity index (χ3v) is 9.12. The number of benzene rings is 1. The lowest BCUT2D eigenvalue weighted by Gasteiger charge is -2.39. The maximum Gasteiger partial charge on any atom is 0.322 e. The zero-order chi connectivity index (χ0) is 39.6. The minimum absolute atomic E-state index is 0.00460. The molecule has 2 aliphatic heterocycles. The van der Waals surface area contributed by atoms with Gasteiger partial charge in [-0.2, -0.15) is 0 Å². The average Bonchev–Trinajstić information content (AvgIpc) is 3.84. The highest BCUT2D eigenvalue weighted by molar-refractivity contribution is 5.87. The number of ether oxygens (including phenoxy) is 2. The van der Waals surface area contributed by atoms with Gasteiger partial charge in [-0.3, -0.25) is 24.0 Å². The molecule has 0 saturated carbocycles. The smallest absolute Gasteiger partial charge is 0.322 e. The summed E-state index contributed by atoms with van der Waals surface area (Å²) in [6, 6.07) is 9.81. The second-order valence-electron chi connectivity index (χ2n) is 13.7. The zero-order valence-electron chi connectivity index (χ0n) is 33.5. The third kappa shape index (κ3) is 18.3. The largest absolute Gasteiger partial charge is 0.480 e. The van der Waals surface area contributed by atoms with Crippen LogP contribution in [0.2, 0.25) is 0 Å². The van der Waals surface area contributed by atoms with Gasteiger partial charge in [-0.05, 0) is 51.0 Å². The molecule has 0 aromatic heterocycles. The lowest BCUT2D eigenvalue weighted by atomic mass is 9.90. The van der Waals surface area contributed by atoms with E-state index in [1.807, 2.05) is 28.4 Å². The summed E-state index contributed by atoms with van der Waals surface area (Å²) in [6.45, 7) is 15.9. The van der Waals surface area contributed by atoms with Crippen molar-refractivity contribution in [1.82, 2.24) is 25.8 Å². The van der Waals surface area contributed by atoms with Crippen LogP contribution in [0.1, 0.15) is 92.1 Å². The van der Waals surface area contributed by atoms with Crippen LogP contribution in [0.15, 0.2) is 30.3 Å².